The average molecular weight is 464 g/mol. The third kappa shape index (κ3) is 3.95. The van der Waals surface area contributed by atoms with Gasteiger partial charge in [-0.2, -0.15) is 0 Å². The van der Waals surface area contributed by atoms with E-state index in [1.165, 1.54) is 0 Å². The molecule has 0 saturated carbocycles. The standard InChI is InChI=1S/C10H8Br4O/c1-5(15)8(12)4-7-9(13)2-6(11)3-10(7)14/h2-3,8H,4H2,1H3. The van der Waals surface area contributed by atoms with Gasteiger partial charge in [-0.3, -0.25) is 4.79 Å². The first-order valence-electron chi connectivity index (χ1n) is 4.19. The van der Waals surface area contributed by atoms with E-state index in [9.17, 15) is 4.79 Å². The summed E-state index contributed by atoms with van der Waals surface area (Å²) in [5.74, 6) is 0.136. The highest BCUT2D eigenvalue weighted by atomic mass is 79.9. The van der Waals surface area contributed by atoms with Crippen molar-refractivity contribution >= 4 is 69.5 Å². The number of hydrogen-bond acceptors (Lipinski definition) is 1. The van der Waals surface area contributed by atoms with Crippen LogP contribution in [0.25, 0.3) is 0 Å². The topological polar surface area (TPSA) is 17.1 Å². The van der Waals surface area contributed by atoms with E-state index in [1.807, 2.05) is 12.1 Å². The van der Waals surface area contributed by atoms with Gasteiger partial charge in [-0.15, -0.1) is 0 Å². The Balaban J connectivity index is 3.00. The molecule has 0 fully saturated rings. The normalized spacial score (nSPS) is 12.6. The van der Waals surface area contributed by atoms with E-state index in [2.05, 4.69) is 63.7 Å². The number of ketones is 1. The Kier molecular flexibility index (Phi) is 5.49. The number of halogens is 4. The molecule has 1 unspecified atom stereocenters. The van der Waals surface area contributed by atoms with Gasteiger partial charge in [-0.25, -0.2) is 0 Å². The average Bonchev–Trinajstić information content (AvgIpc) is 2.10. The molecule has 0 spiro atoms. The maximum Gasteiger partial charge on any atom is 0.143 e. The number of carbonyl (C=O) groups excluding carboxylic acids is 1. The summed E-state index contributed by atoms with van der Waals surface area (Å²) in [7, 11) is 0. The smallest absolute Gasteiger partial charge is 0.143 e. The van der Waals surface area contributed by atoms with E-state index in [-0.39, 0.29) is 10.6 Å². The van der Waals surface area contributed by atoms with Crippen molar-refractivity contribution in [1.29, 1.82) is 0 Å². The fourth-order valence-corrected chi connectivity index (χ4v) is 4.00. The second-order valence-electron chi connectivity index (χ2n) is 3.13. The van der Waals surface area contributed by atoms with Crippen LogP contribution in [0.15, 0.2) is 25.6 Å². The van der Waals surface area contributed by atoms with Crippen LogP contribution in [0.2, 0.25) is 0 Å². The Morgan fingerprint density at radius 3 is 2.13 bits per heavy atom. The van der Waals surface area contributed by atoms with Gasteiger partial charge in [0.15, 0.2) is 0 Å². The van der Waals surface area contributed by atoms with Crippen molar-refractivity contribution in [3.8, 4) is 0 Å². The summed E-state index contributed by atoms with van der Waals surface area (Å²) < 4.78 is 2.99. The predicted molar refractivity (Wildman–Crippen MR) is 76.6 cm³/mol. The number of hydrogen-bond donors (Lipinski definition) is 0. The summed E-state index contributed by atoms with van der Waals surface area (Å²) in [6, 6.07) is 3.94. The van der Waals surface area contributed by atoms with Crippen LogP contribution in [-0.4, -0.2) is 10.6 Å². The van der Waals surface area contributed by atoms with Crippen molar-refractivity contribution in [1.82, 2.24) is 0 Å². The lowest BCUT2D eigenvalue weighted by Gasteiger charge is -2.11. The van der Waals surface area contributed by atoms with Crippen LogP contribution in [0.5, 0.6) is 0 Å². The molecule has 0 aliphatic rings. The maximum atomic E-state index is 11.2. The Morgan fingerprint density at radius 1 is 1.27 bits per heavy atom. The van der Waals surface area contributed by atoms with Crippen LogP contribution in [0, 0.1) is 0 Å². The quantitative estimate of drug-likeness (QED) is 0.585. The Hall–Kier alpha value is 0.810. The van der Waals surface area contributed by atoms with Crippen molar-refractivity contribution in [2.75, 3.05) is 0 Å². The van der Waals surface area contributed by atoms with Crippen molar-refractivity contribution in [2.45, 2.75) is 18.2 Å². The van der Waals surface area contributed by atoms with Gasteiger partial charge >= 0.3 is 0 Å². The second-order valence-corrected chi connectivity index (χ2v) is 6.86. The Morgan fingerprint density at radius 2 is 1.73 bits per heavy atom. The highest BCUT2D eigenvalue weighted by Gasteiger charge is 2.15. The number of Topliss-reactive ketones (excluding diaryl/α,β-unsaturated/α-hetero) is 1. The molecule has 0 amide bonds. The molecule has 1 aromatic carbocycles. The molecule has 0 radical (unpaired) electrons. The van der Waals surface area contributed by atoms with E-state index in [0.29, 0.717) is 6.42 Å². The maximum absolute atomic E-state index is 11.2. The van der Waals surface area contributed by atoms with Crippen LogP contribution >= 0.6 is 63.7 Å². The molecule has 0 aliphatic heterocycles. The molecule has 82 valence electrons. The van der Waals surface area contributed by atoms with Gasteiger partial charge in [0, 0.05) is 13.4 Å². The lowest BCUT2D eigenvalue weighted by molar-refractivity contribution is -0.116. The lowest BCUT2D eigenvalue weighted by atomic mass is 10.1. The van der Waals surface area contributed by atoms with Crippen LogP contribution in [0.3, 0.4) is 0 Å². The molecule has 1 atom stereocenters. The summed E-state index contributed by atoms with van der Waals surface area (Å²) in [6.45, 7) is 1.58. The number of carbonyl (C=O) groups is 1. The fraction of sp³-hybridized carbons (Fsp3) is 0.300. The van der Waals surface area contributed by atoms with Crippen molar-refractivity contribution in [3.63, 3.8) is 0 Å². The van der Waals surface area contributed by atoms with Gasteiger partial charge in [-0.1, -0.05) is 63.7 Å². The first-order chi connectivity index (χ1) is 6.91. The first kappa shape index (κ1) is 13.9. The van der Waals surface area contributed by atoms with Gasteiger partial charge in [0.05, 0.1) is 4.83 Å². The van der Waals surface area contributed by atoms with Gasteiger partial charge in [0.2, 0.25) is 0 Å². The van der Waals surface area contributed by atoms with Crippen LogP contribution < -0.4 is 0 Å². The predicted octanol–water partition coefficient (Wildman–Crippen LogP) is 4.87. The van der Waals surface area contributed by atoms with Crippen LogP contribution in [0.1, 0.15) is 12.5 Å². The Labute approximate surface area is 123 Å². The summed E-state index contributed by atoms with van der Waals surface area (Å²) in [6.07, 6.45) is 0.670. The molecule has 0 aromatic heterocycles. The van der Waals surface area contributed by atoms with Crippen molar-refractivity contribution in [2.24, 2.45) is 0 Å². The fourth-order valence-electron chi connectivity index (χ4n) is 1.09. The minimum absolute atomic E-state index is 0.133. The molecular formula is C10H8Br4O. The molecule has 0 saturated heterocycles. The largest absolute Gasteiger partial charge is 0.299 e. The van der Waals surface area contributed by atoms with Gasteiger partial charge in [0.25, 0.3) is 0 Å². The highest BCUT2D eigenvalue weighted by molar-refractivity contribution is 9.11. The molecule has 15 heavy (non-hydrogen) atoms. The van der Waals surface area contributed by atoms with Crippen molar-refractivity contribution < 1.29 is 4.79 Å². The molecule has 0 heterocycles. The monoisotopic (exact) mass is 460 g/mol. The first-order valence-corrected chi connectivity index (χ1v) is 7.49. The highest BCUT2D eigenvalue weighted by Crippen LogP contribution is 2.31. The zero-order chi connectivity index (χ0) is 11.6. The summed E-state index contributed by atoms with van der Waals surface area (Å²) in [5, 5.41) is 0. The number of alkyl halides is 1. The summed E-state index contributed by atoms with van der Waals surface area (Å²) in [5.41, 5.74) is 1.09. The molecule has 5 heteroatoms. The van der Waals surface area contributed by atoms with Crippen LogP contribution in [-0.2, 0) is 11.2 Å². The molecular weight excluding hydrogens is 456 g/mol. The minimum Gasteiger partial charge on any atom is -0.299 e. The molecule has 0 bridgehead atoms. The number of benzene rings is 1. The Bertz CT molecular complexity index is 366. The third-order valence-electron chi connectivity index (χ3n) is 1.93. The zero-order valence-corrected chi connectivity index (χ0v) is 14.2. The molecule has 0 aliphatic carbocycles. The van der Waals surface area contributed by atoms with Gasteiger partial charge in [0.1, 0.15) is 5.78 Å². The summed E-state index contributed by atoms with van der Waals surface area (Å²) >= 11 is 13.7. The molecule has 1 aromatic rings. The zero-order valence-electron chi connectivity index (χ0n) is 7.86. The lowest BCUT2D eigenvalue weighted by Crippen LogP contribution is -2.13. The van der Waals surface area contributed by atoms with E-state index in [0.717, 1.165) is 19.0 Å². The van der Waals surface area contributed by atoms with Crippen molar-refractivity contribution in [3.05, 3.63) is 31.1 Å². The minimum atomic E-state index is -0.133. The van der Waals surface area contributed by atoms with Crippen LogP contribution in [0.4, 0.5) is 0 Å². The molecule has 1 rings (SSSR count). The van der Waals surface area contributed by atoms with E-state index < -0.39 is 0 Å². The van der Waals surface area contributed by atoms with Gasteiger partial charge in [-0.05, 0) is 31.0 Å². The third-order valence-corrected chi connectivity index (χ3v) is 4.77. The number of rotatable bonds is 3. The second kappa shape index (κ2) is 5.94. The SMILES string of the molecule is CC(=O)C(Br)Cc1c(Br)cc(Br)cc1Br. The van der Waals surface area contributed by atoms with E-state index in [1.54, 1.807) is 6.92 Å². The molecule has 1 nitrogen and oxygen atoms in total. The van der Waals surface area contributed by atoms with E-state index in [4.69, 9.17) is 0 Å². The molecule has 0 N–H and O–H groups in total. The van der Waals surface area contributed by atoms with E-state index >= 15 is 0 Å². The van der Waals surface area contributed by atoms with Gasteiger partial charge < -0.3 is 0 Å². The summed E-state index contributed by atoms with van der Waals surface area (Å²) in [4.78, 5) is 11.0.